The van der Waals surface area contributed by atoms with E-state index in [4.69, 9.17) is 0 Å². The Hall–Kier alpha value is -1.08. The highest BCUT2D eigenvalue weighted by molar-refractivity contribution is 5.48. The van der Waals surface area contributed by atoms with Gasteiger partial charge in [-0.15, -0.1) is 0 Å². The Bertz CT molecular complexity index is 903. The van der Waals surface area contributed by atoms with Crippen LogP contribution in [0.25, 0.3) is 6.08 Å². The summed E-state index contributed by atoms with van der Waals surface area (Å²) in [5, 5.41) is 11.2. The molecule has 1 N–H and O–H groups in total. The van der Waals surface area contributed by atoms with Crippen molar-refractivity contribution in [1.82, 2.24) is 0 Å². The Morgan fingerprint density at radius 1 is 0.838 bits per heavy atom. The first-order valence-corrected chi connectivity index (χ1v) is 16.1. The van der Waals surface area contributed by atoms with Gasteiger partial charge in [0.25, 0.3) is 0 Å². The van der Waals surface area contributed by atoms with Gasteiger partial charge in [0.2, 0.25) is 0 Å². The first kappa shape index (κ1) is 27.5. The van der Waals surface area contributed by atoms with Gasteiger partial charge in [0.15, 0.2) is 0 Å². The summed E-state index contributed by atoms with van der Waals surface area (Å²) in [6.45, 7) is 12.7. The molecule has 0 saturated heterocycles. The normalized spacial score (nSPS) is 42.4. The molecule has 206 valence electrons. The molecule has 0 radical (unpaired) electrons. The van der Waals surface area contributed by atoms with Gasteiger partial charge < -0.3 is 5.11 Å². The van der Waals surface area contributed by atoms with Crippen LogP contribution in [-0.4, -0.2) is 11.2 Å². The van der Waals surface area contributed by atoms with E-state index in [0.29, 0.717) is 22.7 Å². The van der Waals surface area contributed by atoms with Gasteiger partial charge in [-0.2, -0.15) is 0 Å². The lowest BCUT2D eigenvalue weighted by molar-refractivity contribution is -0.152. The number of fused-ring (bicyclic) bond motifs is 5. The van der Waals surface area contributed by atoms with E-state index in [9.17, 15) is 5.11 Å². The first-order chi connectivity index (χ1) is 17.7. The van der Waals surface area contributed by atoms with Gasteiger partial charge in [-0.05, 0) is 122 Å². The van der Waals surface area contributed by atoms with Crippen molar-refractivity contribution in [1.29, 1.82) is 0 Å². The molecule has 0 unspecified atom stereocenters. The highest BCUT2D eigenvalue weighted by atomic mass is 16.3. The molecule has 0 aromatic heterocycles. The molecule has 0 bridgehead atoms. The van der Waals surface area contributed by atoms with Crippen molar-refractivity contribution in [2.75, 3.05) is 0 Å². The summed E-state index contributed by atoms with van der Waals surface area (Å²) in [4.78, 5) is 0. The van der Waals surface area contributed by atoms with Crippen molar-refractivity contribution in [3.8, 4) is 0 Å². The fraction of sp³-hybridized carbons (Fsp3) is 0.778. The minimum absolute atomic E-state index is 0.119. The lowest BCUT2D eigenvalue weighted by Crippen LogP contribution is -2.56. The molecule has 5 rings (SSSR count). The SMILES string of the molecule is CC(C)CCC[C@@H](C)[C@H]1CC[C@H]2[C@@H]3CC[C@H]4[C@H](C/C=C/c5ccccc5)[C@H](O)CC[C@]4(C)[C@H]3CC[C@]12C. The van der Waals surface area contributed by atoms with Crippen LogP contribution in [0.1, 0.15) is 117 Å². The summed E-state index contributed by atoms with van der Waals surface area (Å²) >= 11 is 0. The second-order valence-electron chi connectivity index (χ2n) is 14.9. The lowest BCUT2D eigenvalue weighted by atomic mass is 9.43. The molecule has 1 nitrogen and oxygen atoms in total. The molecule has 1 heteroatoms. The van der Waals surface area contributed by atoms with Gasteiger partial charge in [0.1, 0.15) is 0 Å². The Kier molecular flexibility index (Phi) is 8.31. The minimum atomic E-state index is -0.119. The molecule has 0 heterocycles. The zero-order valence-corrected chi connectivity index (χ0v) is 24.7. The number of hydrogen-bond acceptors (Lipinski definition) is 1. The van der Waals surface area contributed by atoms with Crippen LogP contribution in [0.3, 0.4) is 0 Å². The van der Waals surface area contributed by atoms with E-state index in [1.54, 1.807) is 0 Å². The predicted octanol–water partition coefficient (Wildman–Crippen LogP) is 9.80. The maximum atomic E-state index is 11.2. The minimum Gasteiger partial charge on any atom is -0.393 e. The molecule has 37 heavy (non-hydrogen) atoms. The monoisotopic (exact) mass is 504 g/mol. The zero-order chi connectivity index (χ0) is 26.2. The van der Waals surface area contributed by atoms with Crippen LogP contribution in [0.15, 0.2) is 36.4 Å². The first-order valence-electron chi connectivity index (χ1n) is 16.1. The van der Waals surface area contributed by atoms with Crippen LogP contribution in [0.2, 0.25) is 0 Å². The average Bonchev–Trinajstić information content (AvgIpc) is 3.23. The summed E-state index contributed by atoms with van der Waals surface area (Å²) in [5.74, 6) is 6.57. The zero-order valence-electron chi connectivity index (χ0n) is 24.7. The Morgan fingerprint density at radius 2 is 1.54 bits per heavy atom. The van der Waals surface area contributed by atoms with Crippen molar-refractivity contribution >= 4 is 6.08 Å². The number of rotatable bonds is 8. The molecule has 4 saturated carbocycles. The third kappa shape index (κ3) is 5.25. The summed E-state index contributed by atoms with van der Waals surface area (Å²) < 4.78 is 0. The number of allylic oxidation sites excluding steroid dienone is 1. The molecule has 1 aromatic rings. The van der Waals surface area contributed by atoms with Gasteiger partial charge in [-0.1, -0.05) is 96.4 Å². The largest absolute Gasteiger partial charge is 0.393 e. The molecule has 4 aliphatic rings. The van der Waals surface area contributed by atoms with Crippen LogP contribution in [0, 0.1) is 58.2 Å². The van der Waals surface area contributed by atoms with Crippen molar-refractivity contribution < 1.29 is 5.11 Å². The summed E-state index contributed by atoms with van der Waals surface area (Å²) in [7, 11) is 0. The maximum Gasteiger partial charge on any atom is 0.0574 e. The van der Waals surface area contributed by atoms with Crippen LogP contribution in [0.4, 0.5) is 0 Å². The molecule has 0 amide bonds. The van der Waals surface area contributed by atoms with Gasteiger partial charge in [-0.25, -0.2) is 0 Å². The fourth-order valence-electron chi connectivity index (χ4n) is 10.8. The molecule has 10 atom stereocenters. The maximum absolute atomic E-state index is 11.2. The molecule has 4 fully saturated rings. The van der Waals surface area contributed by atoms with E-state index in [1.807, 2.05) is 0 Å². The van der Waals surface area contributed by atoms with Crippen LogP contribution >= 0.6 is 0 Å². The third-order valence-electron chi connectivity index (χ3n) is 12.7. The Balaban J connectivity index is 1.28. The molecule has 0 spiro atoms. The van der Waals surface area contributed by atoms with Gasteiger partial charge in [0, 0.05) is 0 Å². The van der Waals surface area contributed by atoms with E-state index >= 15 is 0 Å². The van der Waals surface area contributed by atoms with E-state index in [0.717, 1.165) is 48.3 Å². The number of aliphatic hydroxyl groups excluding tert-OH is 1. The van der Waals surface area contributed by atoms with Gasteiger partial charge in [-0.3, -0.25) is 0 Å². The summed E-state index contributed by atoms with van der Waals surface area (Å²) in [6, 6.07) is 10.7. The van der Waals surface area contributed by atoms with Crippen LogP contribution in [-0.2, 0) is 0 Å². The topological polar surface area (TPSA) is 20.2 Å². The molecule has 1 aromatic carbocycles. The van der Waals surface area contributed by atoms with E-state index < -0.39 is 0 Å². The average molecular weight is 505 g/mol. The Labute approximate surface area is 228 Å². The van der Waals surface area contributed by atoms with Crippen molar-refractivity contribution in [2.45, 2.75) is 118 Å². The molecular formula is C36H56O. The molecule has 0 aliphatic heterocycles. The van der Waals surface area contributed by atoms with Crippen LogP contribution in [0.5, 0.6) is 0 Å². The standard InChI is InChI=1S/C36H56O/c1-25(2)11-9-12-26(3)30-19-20-31-28-17-18-32-29(16-10-15-27-13-7-6-8-14-27)34(37)22-24-36(32,5)33(28)21-23-35(30,31)4/h6-8,10,13-15,25-26,28-34,37H,9,11-12,16-24H2,1-5H3/b15-10+/t26-,28+,29+,30-,31+,32+,33+,34-,35-,36+/m1/s1. The Morgan fingerprint density at radius 3 is 2.30 bits per heavy atom. The highest BCUT2D eigenvalue weighted by Gasteiger charge is 2.61. The summed E-state index contributed by atoms with van der Waals surface area (Å²) in [5.41, 5.74) is 2.28. The lowest BCUT2D eigenvalue weighted by Gasteiger charge is -2.62. The van der Waals surface area contributed by atoms with Crippen molar-refractivity contribution in [2.24, 2.45) is 58.2 Å². The number of benzene rings is 1. The smallest absolute Gasteiger partial charge is 0.0574 e. The number of aliphatic hydroxyl groups is 1. The van der Waals surface area contributed by atoms with Gasteiger partial charge >= 0.3 is 0 Å². The van der Waals surface area contributed by atoms with E-state index in [2.05, 4.69) is 77.1 Å². The van der Waals surface area contributed by atoms with Gasteiger partial charge in [0.05, 0.1) is 6.10 Å². The van der Waals surface area contributed by atoms with Crippen molar-refractivity contribution in [3.05, 3.63) is 42.0 Å². The van der Waals surface area contributed by atoms with E-state index in [-0.39, 0.29) is 6.10 Å². The quantitative estimate of drug-likeness (QED) is 0.373. The van der Waals surface area contributed by atoms with E-state index in [1.165, 1.54) is 69.8 Å². The van der Waals surface area contributed by atoms with Crippen LogP contribution < -0.4 is 0 Å². The highest BCUT2D eigenvalue weighted by Crippen LogP contribution is 2.69. The second kappa shape index (κ2) is 11.2. The number of hydrogen-bond donors (Lipinski definition) is 1. The second-order valence-corrected chi connectivity index (χ2v) is 14.9. The molecular weight excluding hydrogens is 448 g/mol. The van der Waals surface area contributed by atoms with Crippen molar-refractivity contribution in [3.63, 3.8) is 0 Å². The fourth-order valence-corrected chi connectivity index (χ4v) is 10.8. The molecule has 4 aliphatic carbocycles. The predicted molar refractivity (Wildman–Crippen MR) is 158 cm³/mol. The summed E-state index contributed by atoms with van der Waals surface area (Å²) in [6.07, 6.45) is 20.7. The third-order valence-corrected chi connectivity index (χ3v) is 12.7.